The highest BCUT2D eigenvalue weighted by atomic mass is 35.5. The van der Waals surface area contributed by atoms with Gasteiger partial charge in [-0.05, 0) is 32.1 Å². The van der Waals surface area contributed by atoms with Crippen molar-refractivity contribution in [3.8, 4) is 0 Å². The Morgan fingerprint density at radius 2 is 2.19 bits per heavy atom. The molecule has 0 atom stereocenters. The van der Waals surface area contributed by atoms with E-state index in [4.69, 9.17) is 11.6 Å². The van der Waals surface area contributed by atoms with Gasteiger partial charge < -0.3 is 5.32 Å². The maximum atomic E-state index is 11.8. The molecule has 0 unspecified atom stereocenters. The Hall–Kier alpha value is -2.14. The van der Waals surface area contributed by atoms with E-state index in [1.807, 2.05) is 32.0 Å². The third-order valence-corrected chi connectivity index (χ3v) is 3.44. The minimum Gasteiger partial charge on any atom is -0.347 e. The van der Waals surface area contributed by atoms with Gasteiger partial charge in [0.1, 0.15) is 5.15 Å². The van der Waals surface area contributed by atoms with Crippen LogP contribution in [-0.4, -0.2) is 20.7 Å². The predicted octanol–water partition coefficient (Wildman–Crippen LogP) is 2.41. The van der Waals surface area contributed by atoms with E-state index in [0.29, 0.717) is 11.7 Å². The molecular weight excluding hydrogens is 288 g/mol. The predicted molar refractivity (Wildman–Crippen MR) is 82.8 cm³/mol. The minimum absolute atomic E-state index is 0.197. The number of aryl methyl sites for hydroxylation is 3. The first kappa shape index (κ1) is 15.3. The molecule has 0 radical (unpaired) electrons. The topological polar surface area (TPSA) is 59.8 Å². The first-order valence-electron chi connectivity index (χ1n) is 6.55. The van der Waals surface area contributed by atoms with Crippen LogP contribution in [0.15, 0.2) is 24.3 Å². The molecule has 0 spiro atoms. The molecule has 21 heavy (non-hydrogen) atoms. The summed E-state index contributed by atoms with van der Waals surface area (Å²) >= 11 is 6.10. The van der Waals surface area contributed by atoms with Gasteiger partial charge in [0.2, 0.25) is 5.91 Å². The fourth-order valence-corrected chi connectivity index (χ4v) is 2.17. The molecule has 0 saturated heterocycles. The van der Waals surface area contributed by atoms with Crippen molar-refractivity contribution in [2.45, 2.75) is 20.4 Å². The number of carbonyl (C=O) groups is 1. The lowest BCUT2D eigenvalue weighted by Crippen LogP contribution is -2.20. The first-order chi connectivity index (χ1) is 9.97. The monoisotopic (exact) mass is 304 g/mol. The molecule has 2 aromatic rings. The molecule has 0 aliphatic carbocycles. The molecule has 0 bridgehead atoms. The summed E-state index contributed by atoms with van der Waals surface area (Å²) in [4.78, 5) is 16.1. The number of aromatic nitrogens is 3. The molecule has 0 aliphatic rings. The van der Waals surface area contributed by atoms with Crippen LogP contribution in [0.3, 0.4) is 0 Å². The van der Waals surface area contributed by atoms with Gasteiger partial charge in [-0.1, -0.05) is 17.7 Å². The van der Waals surface area contributed by atoms with E-state index < -0.39 is 0 Å². The van der Waals surface area contributed by atoms with Crippen LogP contribution in [0.25, 0.3) is 6.08 Å². The summed E-state index contributed by atoms with van der Waals surface area (Å²) in [6.07, 6.45) is 3.12. The lowest BCUT2D eigenvalue weighted by molar-refractivity contribution is -0.116. The molecular formula is C15H17ClN4O. The Kier molecular flexibility index (Phi) is 4.75. The van der Waals surface area contributed by atoms with Crippen molar-refractivity contribution >= 4 is 23.6 Å². The fraction of sp³-hybridized carbons (Fsp3) is 0.267. The van der Waals surface area contributed by atoms with Gasteiger partial charge in [-0.2, -0.15) is 5.10 Å². The van der Waals surface area contributed by atoms with E-state index in [1.165, 1.54) is 6.08 Å². The smallest absolute Gasteiger partial charge is 0.244 e. The summed E-state index contributed by atoms with van der Waals surface area (Å²) in [6, 6.07) is 5.70. The molecule has 0 aromatic carbocycles. The number of hydrogen-bond donors (Lipinski definition) is 1. The highest BCUT2D eigenvalue weighted by Crippen LogP contribution is 2.19. The van der Waals surface area contributed by atoms with Crippen LogP contribution in [0, 0.1) is 13.8 Å². The van der Waals surface area contributed by atoms with Crippen LogP contribution in [-0.2, 0) is 18.4 Å². The van der Waals surface area contributed by atoms with Crippen molar-refractivity contribution in [3.63, 3.8) is 0 Å². The summed E-state index contributed by atoms with van der Waals surface area (Å²) in [6.45, 7) is 4.16. The standard InChI is InChI=1S/C15H17ClN4O/c1-10-5-4-6-12(18-10)9-17-14(21)8-7-13-11(2)19-20(3)15(13)16/h4-8H,9H2,1-3H3,(H,17,21)/b8-7+. The number of nitrogens with zero attached hydrogens (tertiary/aromatic N) is 3. The van der Waals surface area contributed by atoms with Crippen molar-refractivity contribution in [1.82, 2.24) is 20.1 Å². The summed E-state index contributed by atoms with van der Waals surface area (Å²) in [5.41, 5.74) is 3.29. The molecule has 0 aliphatic heterocycles. The Bertz CT molecular complexity index is 691. The molecule has 2 aromatic heterocycles. The average Bonchev–Trinajstić information content (AvgIpc) is 2.68. The fourth-order valence-electron chi connectivity index (χ4n) is 1.93. The lowest BCUT2D eigenvalue weighted by Gasteiger charge is -2.02. The zero-order valence-corrected chi connectivity index (χ0v) is 13.0. The van der Waals surface area contributed by atoms with Crippen LogP contribution in [0.4, 0.5) is 0 Å². The average molecular weight is 305 g/mol. The second-order valence-corrected chi connectivity index (χ2v) is 5.09. The highest BCUT2D eigenvalue weighted by molar-refractivity contribution is 6.31. The molecule has 110 valence electrons. The summed E-state index contributed by atoms with van der Waals surface area (Å²) in [5.74, 6) is -0.197. The van der Waals surface area contributed by atoms with E-state index in [0.717, 1.165) is 22.6 Å². The molecule has 1 N–H and O–H groups in total. The van der Waals surface area contributed by atoms with Crippen LogP contribution in [0.5, 0.6) is 0 Å². The van der Waals surface area contributed by atoms with Crippen LogP contribution in [0.2, 0.25) is 5.15 Å². The highest BCUT2D eigenvalue weighted by Gasteiger charge is 2.08. The van der Waals surface area contributed by atoms with Gasteiger partial charge in [-0.3, -0.25) is 14.5 Å². The molecule has 5 nitrogen and oxygen atoms in total. The van der Waals surface area contributed by atoms with Gasteiger partial charge in [0.15, 0.2) is 0 Å². The normalized spacial score (nSPS) is 11.0. The van der Waals surface area contributed by atoms with Crippen LogP contribution < -0.4 is 5.32 Å². The Labute approximate surface area is 128 Å². The van der Waals surface area contributed by atoms with Gasteiger partial charge in [0.25, 0.3) is 0 Å². The van der Waals surface area contributed by atoms with Gasteiger partial charge >= 0.3 is 0 Å². The number of pyridine rings is 1. The van der Waals surface area contributed by atoms with E-state index in [1.54, 1.807) is 17.8 Å². The molecule has 2 rings (SSSR count). The largest absolute Gasteiger partial charge is 0.347 e. The van der Waals surface area contributed by atoms with Crippen molar-refractivity contribution < 1.29 is 4.79 Å². The third kappa shape index (κ3) is 3.92. The third-order valence-electron chi connectivity index (χ3n) is 2.99. The zero-order chi connectivity index (χ0) is 15.4. The second-order valence-electron chi connectivity index (χ2n) is 4.73. The molecule has 1 amide bonds. The Balaban J connectivity index is 1.97. The van der Waals surface area contributed by atoms with Crippen molar-refractivity contribution in [2.24, 2.45) is 7.05 Å². The van der Waals surface area contributed by atoms with Crippen molar-refractivity contribution in [2.75, 3.05) is 0 Å². The number of nitrogens with one attached hydrogen (secondary N) is 1. The minimum atomic E-state index is -0.197. The van der Waals surface area contributed by atoms with Crippen LogP contribution in [0.1, 0.15) is 22.6 Å². The first-order valence-corrected chi connectivity index (χ1v) is 6.92. The van der Waals surface area contributed by atoms with Gasteiger partial charge in [-0.15, -0.1) is 0 Å². The molecule has 0 fully saturated rings. The Morgan fingerprint density at radius 1 is 1.43 bits per heavy atom. The van der Waals surface area contributed by atoms with Gasteiger partial charge in [0.05, 0.1) is 17.9 Å². The summed E-state index contributed by atoms with van der Waals surface area (Å²) < 4.78 is 1.57. The Morgan fingerprint density at radius 3 is 2.81 bits per heavy atom. The number of rotatable bonds is 4. The summed E-state index contributed by atoms with van der Waals surface area (Å²) in [5, 5.41) is 7.48. The van der Waals surface area contributed by atoms with E-state index in [2.05, 4.69) is 15.4 Å². The van der Waals surface area contributed by atoms with Crippen molar-refractivity contribution in [3.05, 3.63) is 52.1 Å². The molecule has 2 heterocycles. The maximum absolute atomic E-state index is 11.8. The lowest BCUT2D eigenvalue weighted by atomic mass is 10.2. The zero-order valence-electron chi connectivity index (χ0n) is 12.2. The van der Waals surface area contributed by atoms with Gasteiger partial charge in [-0.25, -0.2) is 0 Å². The number of hydrogen-bond acceptors (Lipinski definition) is 3. The SMILES string of the molecule is Cc1cccc(CNC(=O)/C=C/c2c(C)nn(C)c2Cl)n1. The molecule has 6 heteroatoms. The van der Waals surface area contributed by atoms with Gasteiger partial charge in [0, 0.05) is 24.4 Å². The van der Waals surface area contributed by atoms with E-state index >= 15 is 0 Å². The van der Waals surface area contributed by atoms with Crippen LogP contribution >= 0.6 is 11.6 Å². The maximum Gasteiger partial charge on any atom is 0.244 e. The molecule has 0 saturated carbocycles. The number of halogens is 1. The quantitative estimate of drug-likeness (QED) is 0.883. The number of carbonyl (C=O) groups excluding carboxylic acids is 1. The van der Waals surface area contributed by atoms with E-state index in [9.17, 15) is 4.79 Å². The second kappa shape index (κ2) is 6.54. The van der Waals surface area contributed by atoms with E-state index in [-0.39, 0.29) is 5.91 Å². The number of amides is 1. The van der Waals surface area contributed by atoms with Crippen molar-refractivity contribution in [1.29, 1.82) is 0 Å². The summed E-state index contributed by atoms with van der Waals surface area (Å²) in [7, 11) is 1.76.